The Balaban J connectivity index is 1.87. The van der Waals surface area contributed by atoms with E-state index < -0.39 is 5.41 Å². The molecule has 3 rings (SSSR count). The highest BCUT2D eigenvalue weighted by Gasteiger charge is 2.42. The molecule has 1 aliphatic carbocycles. The van der Waals surface area contributed by atoms with Gasteiger partial charge in [-0.15, -0.1) is 11.3 Å². The van der Waals surface area contributed by atoms with Gasteiger partial charge in [0.1, 0.15) is 0 Å². The lowest BCUT2D eigenvalue weighted by Crippen LogP contribution is -2.29. The van der Waals surface area contributed by atoms with Crippen LogP contribution in [0.25, 0.3) is 0 Å². The molecule has 1 atom stereocenters. The van der Waals surface area contributed by atoms with Crippen molar-refractivity contribution in [3.63, 3.8) is 0 Å². The van der Waals surface area contributed by atoms with E-state index in [-0.39, 0.29) is 17.3 Å². The summed E-state index contributed by atoms with van der Waals surface area (Å²) in [5, 5.41) is 11.6. The van der Waals surface area contributed by atoms with E-state index in [0.717, 1.165) is 14.7 Å². The SMILES string of the molecule is CC(=O)c1ccc(Sc2sccc2[C@]2(C)CC=C(O)C2=O)cc1. The van der Waals surface area contributed by atoms with Crippen molar-refractivity contribution >= 4 is 34.7 Å². The number of Topliss-reactive ketones (excluding diaryl/α,β-unsaturated/α-hetero) is 2. The molecule has 23 heavy (non-hydrogen) atoms. The van der Waals surface area contributed by atoms with Gasteiger partial charge < -0.3 is 5.11 Å². The van der Waals surface area contributed by atoms with Crippen molar-refractivity contribution in [3.8, 4) is 0 Å². The third-order valence-corrected chi connectivity index (χ3v) is 6.29. The Hall–Kier alpha value is -1.85. The second kappa shape index (κ2) is 5.98. The van der Waals surface area contributed by atoms with E-state index in [1.807, 2.05) is 42.6 Å². The first-order valence-electron chi connectivity index (χ1n) is 7.22. The van der Waals surface area contributed by atoms with Crippen LogP contribution in [0.15, 0.2) is 56.7 Å². The molecule has 0 saturated carbocycles. The van der Waals surface area contributed by atoms with E-state index in [9.17, 15) is 14.7 Å². The monoisotopic (exact) mass is 344 g/mol. The summed E-state index contributed by atoms with van der Waals surface area (Å²) in [7, 11) is 0. The van der Waals surface area contributed by atoms with Gasteiger partial charge in [-0.25, -0.2) is 0 Å². The predicted octanol–water partition coefficient (Wildman–Crippen LogP) is 4.77. The van der Waals surface area contributed by atoms with Crippen molar-refractivity contribution in [2.75, 3.05) is 0 Å². The molecule has 1 aromatic carbocycles. The zero-order valence-corrected chi connectivity index (χ0v) is 14.5. The van der Waals surface area contributed by atoms with Crippen molar-refractivity contribution in [1.82, 2.24) is 0 Å². The number of hydrogen-bond donors (Lipinski definition) is 1. The molecule has 3 nitrogen and oxygen atoms in total. The Kier molecular flexibility index (Phi) is 4.17. The zero-order valence-electron chi connectivity index (χ0n) is 12.8. The molecule has 0 saturated heterocycles. The molecule has 0 unspecified atom stereocenters. The summed E-state index contributed by atoms with van der Waals surface area (Å²) < 4.78 is 1.04. The molecule has 1 heterocycles. The van der Waals surface area contributed by atoms with Crippen LogP contribution in [-0.4, -0.2) is 16.7 Å². The fraction of sp³-hybridized carbons (Fsp3) is 0.222. The lowest BCUT2D eigenvalue weighted by Gasteiger charge is -2.22. The molecule has 1 N–H and O–H groups in total. The molecular formula is C18H16O3S2. The van der Waals surface area contributed by atoms with Crippen LogP contribution >= 0.6 is 23.1 Å². The molecule has 1 aromatic heterocycles. The van der Waals surface area contributed by atoms with E-state index >= 15 is 0 Å². The molecule has 0 amide bonds. The van der Waals surface area contributed by atoms with Crippen molar-refractivity contribution in [2.45, 2.75) is 34.8 Å². The summed E-state index contributed by atoms with van der Waals surface area (Å²) in [6, 6.07) is 9.42. The summed E-state index contributed by atoms with van der Waals surface area (Å²) in [6.07, 6.45) is 2.11. The third kappa shape index (κ3) is 2.86. The van der Waals surface area contributed by atoms with E-state index in [1.54, 1.807) is 36.1 Å². The number of carbonyl (C=O) groups is 2. The molecule has 118 valence electrons. The Morgan fingerprint density at radius 3 is 2.52 bits per heavy atom. The number of hydrogen-bond acceptors (Lipinski definition) is 5. The highest BCUT2D eigenvalue weighted by Crippen LogP contribution is 2.45. The average Bonchev–Trinajstić information content (AvgIpc) is 3.09. The highest BCUT2D eigenvalue weighted by atomic mass is 32.2. The second-order valence-corrected chi connectivity index (χ2v) is 8.02. The smallest absolute Gasteiger partial charge is 0.207 e. The first-order valence-corrected chi connectivity index (χ1v) is 8.92. The van der Waals surface area contributed by atoms with E-state index in [0.29, 0.717) is 12.0 Å². The van der Waals surface area contributed by atoms with Crippen LogP contribution in [-0.2, 0) is 10.2 Å². The van der Waals surface area contributed by atoms with Crippen LogP contribution in [0, 0.1) is 0 Å². The Morgan fingerprint density at radius 1 is 1.26 bits per heavy atom. The largest absolute Gasteiger partial charge is 0.505 e. The van der Waals surface area contributed by atoms with Gasteiger partial charge in [-0.3, -0.25) is 9.59 Å². The second-order valence-electron chi connectivity index (χ2n) is 5.76. The number of aliphatic hydroxyl groups is 1. The van der Waals surface area contributed by atoms with Crippen molar-refractivity contribution in [3.05, 3.63) is 58.7 Å². The van der Waals surface area contributed by atoms with Crippen molar-refractivity contribution in [2.24, 2.45) is 0 Å². The molecule has 5 heteroatoms. The minimum atomic E-state index is -0.689. The Labute approximate surface area is 143 Å². The van der Waals surface area contributed by atoms with Gasteiger partial charge >= 0.3 is 0 Å². The first-order chi connectivity index (χ1) is 10.9. The number of aliphatic hydroxyl groups excluding tert-OH is 1. The van der Waals surface area contributed by atoms with Crippen LogP contribution in [0.1, 0.15) is 36.2 Å². The van der Waals surface area contributed by atoms with Gasteiger partial charge in [-0.05, 0) is 55.5 Å². The maximum atomic E-state index is 12.3. The molecule has 2 aromatic rings. The third-order valence-electron chi connectivity index (χ3n) is 4.13. The molecule has 0 bridgehead atoms. The van der Waals surface area contributed by atoms with Gasteiger partial charge in [-0.2, -0.15) is 0 Å². The lowest BCUT2D eigenvalue weighted by atomic mass is 9.81. The number of thiophene rings is 1. The van der Waals surface area contributed by atoms with Crippen LogP contribution < -0.4 is 0 Å². The van der Waals surface area contributed by atoms with Crippen molar-refractivity contribution < 1.29 is 14.7 Å². The van der Waals surface area contributed by atoms with Gasteiger partial charge in [0.2, 0.25) is 5.78 Å². The quantitative estimate of drug-likeness (QED) is 0.812. The molecule has 0 aliphatic heterocycles. The normalized spacial score (nSPS) is 20.6. The maximum absolute atomic E-state index is 12.3. The van der Waals surface area contributed by atoms with E-state index in [4.69, 9.17) is 0 Å². The molecule has 0 fully saturated rings. The number of allylic oxidation sites excluding steroid dienone is 2. The van der Waals surface area contributed by atoms with Gasteiger partial charge in [0.05, 0.1) is 9.62 Å². The van der Waals surface area contributed by atoms with Crippen LogP contribution in [0.3, 0.4) is 0 Å². The number of ketones is 2. The summed E-state index contributed by atoms with van der Waals surface area (Å²) in [5.41, 5.74) is 0.951. The molecule has 0 radical (unpaired) electrons. The predicted molar refractivity (Wildman–Crippen MR) is 92.6 cm³/mol. The molecular weight excluding hydrogens is 328 g/mol. The minimum Gasteiger partial charge on any atom is -0.505 e. The molecule has 0 spiro atoms. The number of benzene rings is 1. The zero-order chi connectivity index (χ0) is 16.6. The highest BCUT2D eigenvalue weighted by molar-refractivity contribution is 8.01. The maximum Gasteiger partial charge on any atom is 0.207 e. The van der Waals surface area contributed by atoms with Gasteiger partial charge in [-0.1, -0.05) is 23.9 Å². The fourth-order valence-electron chi connectivity index (χ4n) is 2.65. The minimum absolute atomic E-state index is 0.0453. The van der Waals surface area contributed by atoms with Gasteiger partial charge in [0, 0.05) is 10.5 Å². The summed E-state index contributed by atoms with van der Waals surface area (Å²) >= 11 is 3.16. The van der Waals surface area contributed by atoms with Crippen molar-refractivity contribution in [1.29, 1.82) is 0 Å². The Bertz CT molecular complexity index is 802. The van der Waals surface area contributed by atoms with Crippen LogP contribution in [0.5, 0.6) is 0 Å². The van der Waals surface area contributed by atoms with E-state index in [2.05, 4.69) is 0 Å². The summed E-state index contributed by atoms with van der Waals surface area (Å²) in [5.74, 6) is -0.311. The summed E-state index contributed by atoms with van der Waals surface area (Å²) in [6.45, 7) is 3.42. The summed E-state index contributed by atoms with van der Waals surface area (Å²) in [4.78, 5) is 24.6. The van der Waals surface area contributed by atoms with E-state index in [1.165, 1.54) is 0 Å². The van der Waals surface area contributed by atoms with Crippen LogP contribution in [0.4, 0.5) is 0 Å². The topological polar surface area (TPSA) is 54.4 Å². The number of carbonyl (C=O) groups excluding carboxylic acids is 2. The lowest BCUT2D eigenvalue weighted by molar-refractivity contribution is -0.121. The average molecular weight is 344 g/mol. The first kappa shape index (κ1) is 16.0. The standard InChI is InChI=1S/C18H16O3S2/c1-11(19)12-3-5-13(6-4-12)23-17-14(8-10-22-17)18(2)9-7-15(20)16(18)21/h3-8,10,20H,9H2,1-2H3/t18-/m0/s1. The van der Waals surface area contributed by atoms with Gasteiger partial charge in [0.15, 0.2) is 11.5 Å². The fourth-order valence-corrected chi connectivity index (χ4v) is 4.93. The molecule has 1 aliphatic rings. The number of rotatable bonds is 4. The Morgan fingerprint density at radius 2 is 1.96 bits per heavy atom. The van der Waals surface area contributed by atoms with Gasteiger partial charge in [0.25, 0.3) is 0 Å². The van der Waals surface area contributed by atoms with Crippen LogP contribution in [0.2, 0.25) is 0 Å².